The minimum absolute atomic E-state index is 0.118. The molecule has 0 radical (unpaired) electrons. The maximum atomic E-state index is 12.7. The molecule has 1 aliphatic heterocycles. The first-order valence-corrected chi connectivity index (χ1v) is 7.74. The zero-order valence-corrected chi connectivity index (χ0v) is 13.4. The predicted molar refractivity (Wildman–Crippen MR) is 87.4 cm³/mol. The molecule has 0 spiro atoms. The van der Waals surface area contributed by atoms with Crippen molar-refractivity contribution in [1.29, 1.82) is 5.26 Å². The number of nitrogens with two attached hydrogens (primary N) is 1. The van der Waals surface area contributed by atoms with Crippen LogP contribution < -0.4 is 5.73 Å². The Bertz CT molecular complexity index is 740. The zero-order chi connectivity index (χ0) is 16.6. The summed E-state index contributed by atoms with van der Waals surface area (Å²) in [7, 11) is 3.74. The fourth-order valence-corrected chi connectivity index (χ4v) is 3.50. The topological polar surface area (TPSA) is 73.4 Å². The second-order valence-corrected chi connectivity index (χ2v) is 6.05. The largest absolute Gasteiger partial charge is 0.383 e. The molecule has 5 heteroatoms. The number of hydrogen-bond acceptors (Lipinski definition) is 5. The fourth-order valence-electron chi connectivity index (χ4n) is 3.50. The first kappa shape index (κ1) is 15.3. The smallest absolute Gasteiger partial charge is 0.161 e. The molecule has 118 valence electrons. The molecule has 3 rings (SSSR count). The van der Waals surface area contributed by atoms with Crippen molar-refractivity contribution in [3.8, 4) is 6.07 Å². The summed E-state index contributed by atoms with van der Waals surface area (Å²) in [4.78, 5) is 12.7. The van der Waals surface area contributed by atoms with Crippen LogP contribution in [0.25, 0.3) is 0 Å². The van der Waals surface area contributed by atoms with Gasteiger partial charge in [0.05, 0.1) is 17.6 Å². The number of allylic oxidation sites excluding steroid dienone is 3. The summed E-state index contributed by atoms with van der Waals surface area (Å²) in [6.07, 6.45) is 2.14. The Morgan fingerprint density at radius 1 is 1.26 bits per heavy atom. The van der Waals surface area contributed by atoms with Gasteiger partial charge in [0, 0.05) is 31.8 Å². The van der Waals surface area contributed by atoms with Gasteiger partial charge in [-0.05, 0) is 18.4 Å². The van der Waals surface area contributed by atoms with E-state index in [2.05, 4.69) is 6.07 Å². The van der Waals surface area contributed by atoms with Gasteiger partial charge in [-0.3, -0.25) is 9.80 Å². The number of carbonyl (C=O) groups is 1. The van der Waals surface area contributed by atoms with E-state index in [4.69, 9.17) is 5.73 Å². The third kappa shape index (κ3) is 2.41. The molecule has 1 atom stereocenters. The molecule has 0 saturated heterocycles. The van der Waals surface area contributed by atoms with E-state index in [1.807, 2.05) is 54.4 Å². The molecule has 0 fully saturated rings. The van der Waals surface area contributed by atoms with Crippen LogP contribution in [-0.2, 0) is 4.79 Å². The molecule has 0 saturated carbocycles. The van der Waals surface area contributed by atoms with Crippen LogP contribution in [0.3, 0.4) is 0 Å². The van der Waals surface area contributed by atoms with Crippen molar-refractivity contribution in [1.82, 2.24) is 10.0 Å². The molecule has 2 aliphatic rings. The van der Waals surface area contributed by atoms with Gasteiger partial charge < -0.3 is 5.73 Å². The molecule has 2 N–H and O–H groups in total. The molecule has 1 aliphatic carbocycles. The van der Waals surface area contributed by atoms with Crippen molar-refractivity contribution in [2.45, 2.75) is 25.2 Å². The van der Waals surface area contributed by atoms with Crippen molar-refractivity contribution in [3.05, 3.63) is 58.6 Å². The average molecular weight is 308 g/mol. The molecular formula is C18H20N4O. The number of ketones is 1. The van der Waals surface area contributed by atoms with Crippen molar-refractivity contribution in [2.75, 3.05) is 14.1 Å². The Kier molecular flexibility index (Phi) is 3.93. The third-order valence-corrected chi connectivity index (χ3v) is 4.42. The summed E-state index contributed by atoms with van der Waals surface area (Å²) in [6.45, 7) is 0. The lowest BCUT2D eigenvalue weighted by molar-refractivity contribution is -0.116. The Morgan fingerprint density at radius 2 is 1.96 bits per heavy atom. The van der Waals surface area contributed by atoms with Crippen LogP contribution in [0, 0.1) is 11.3 Å². The Balaban J connectivity index is 2.26. The second kappa shape index (κ2) is 5.90. The van der Waals surface area contributed by atoms with Crippen molar-refractivity contribution in [3.63, 3.8) is 0 Å². The third-order valence-electron chi connectivity index (χ3n) is 4.42. The van der Waals surface area contributed by atoms with E-state index < -0.39 is 0 Å². The number of rotatable bonds is 2. The predicted octanol–water partition coefficient (Wildman–Crippen LogP) is 2.26. The lowest BCUT2D eigenvalue weighted by atomic mass is 9.76. The summed E-state index contributed by atoms with van der Waals surface area (Å²) < 4.78 is 0. The van der Waals surface area contributed by atoms with Gasteiger partial charge in [0.1, 0.15) is 5.82 Å². The molecule has 0 amide bonds. The van der Waals surface area contributed by atoms with Gasteiger partial charge in [-0.15, -0.1) is 0 Å². The van der Waals surface area contributed by atoms with Gasteiger partial charge in [-0.2, -0.15) is 5.26 Å². The first-order valence-electron chi connectivity index (χ1n) is 7.74. The van der Waals surface area contributed by atoms with Crippen LogP contribution in [0.1, 0.15) is 30.7 Å². The SMILES string of the molecule is CN(C)N1C(N)=C(C#N)[C@H](c2ccccc2)C2=C1CCCC2=O. The lowest BCUT2D eigenvalue weighted by Crippen LogP contribution is -2.45. The van der Waals surface area contributed by atoms with Gasteiger partial charge in [-0.1, -0.05) is 30.3 Å². The lowest BCUT2D eigenvalue weighted by Gasteiger charge is -2.42. The highest BCUT2D eigenvalue weighted by molar-refractivity contribution is 5.99. The van der Waals surface area contributed by atoms with E-state index in [9.17, 15) is 10.1 Å². The fraction of sp³-hybridized carbons (Fsp3) is 0.333. The average Bonchev–Trinajstić information content (AvgIpc) is 2.54. The summed E-state index contributed by atoms with van der Waals surface area (Å²) in [6, 6.07) is 11.9. The maximum absolute atomic E-state index is 12.7. The highest BCUT2D eigenvalue weighted by atomic mass is 16.1. The van der Waals surface area contributed by atoms with Crippen LogP contribution in [0.5, 0.6) is 0 Å². The van der Waals surface area contributed by atoms with E-state index >= 15 is 0 Å². The molecule has 1 aromatic rings. The summed E-state index contributed by atoms with van der Waals surface area (Å²) in [5.74, 6) is 0.173. The number of hydrogen-bond donors (Lipinski definition) is 1. The molecule has 5 nitrogen and oxygen atoms in total. The summed E-state index contributed by atoms with van der Waals surface area (Å²) in [5, 5.41) is 13.3. The molecule has 0 bridgehead atoms. The van der Waals surface area contributed by atoms with Crippen LogP contribution >= 0.6 is 0 Å². The monoisotopic (exact) mass is 308 g/mol. The molecule has 23 heavy (non-hydrogen) atoms. The van der Waals surface area contributed by atoms with E-state index in [0.29, 0.717) is 17.8 Å². The Morgan fingerprint density at radius 3 is 2.57 bits per heavy atom. The zero-order valence-electron chi connectivity index (χ0n) is 13.4. The molecule has 0 aromatic heterocycles. The molecule has 1 heterocycles. The highest BCUT2D eigenvalue weighted by Crippen LogP contribution is 2.44. The second-order valence-electron chi connectivity index (χ2n) is 6.05. The number of Topliss-reactive ketones (excluding diaryl/α,β-unsaturated/α-hetero) is 1. The molecule has 1 aromatic carbocycles. The molecule has 0 unspecified atom stereocenters. The summed E-state index contributed by atoms with van der Waals surface area (Å²) >= 11 is 0. The van der Waals surface area contributed by atoms with E-state index in [0.717, 1.165) is 29.7 Å². The Hall–Kier alpha value is -2.58. The van der Waals surface area contributed by atoms with Gasteiger partial charge in [-0.25, -0.2) is 5.01 Å². The van der Waals surface area contributed by atoms with Crippen molar-refractivity contribution < 1.29 is 4.79 Å². The first-order chi connectivity index (χ1) is 11.1. The van der Waals surface area contributed by atoms with E-state index in [-0.39, 0.29) is 11.7 Å². The van der Waals surface area contributed by atoms with Crippen LogP contribution in [-0.4, -0.2) is 29.9 Å². The number of benzene rings is 1. The van der Waals surface area contributed by atoms with E-state index in [1.54, 1.807) is 0 Å². The number of nitriles is 1. The minimum atomic E-state index is -0.361. The van der Waals surface area contributed by atoms with Crippen molar-refractivity contribution >= 4 is 5.78 Å². The van der Waals surface area contributed by atoms with Crippen LogP contribution in [0.15, 0.2) is 53.0 Å². The van der Waals surface area contributed by atoms with Crippen LogP contribution in [0.4, 0.5) is 0 Å². The molecular weight excluding hydrogens is 288 g/mol. The standard InChI is InChI=1S/C18H20N4O/c1-21(2)22-14-9-6-10-15(23)17(14)16(13(11-19)18(22)20)12-7-4-3-5-8-12/h3-5,7-8,16H,6,9-10,20H2,1-2H3/t16-/m0/s1. The maximum Gasteiger partial charge on any atom is 0.161 e. The van der Waals surface area contributed by atoms with Crippen molar-refractivity contribution in [2.24, 2.45) is 5.73 Å². The Labute approximate surface area is 136 Å². The number of carbonyl (C=O) groups excluding carboxylic acids is 1. The van der Waals surface area contributed by atoms with E-state index in [1.165, 1.54) is 0 Å². The van der Waals surface area contributed by atoms with Gasteiger partial charge in [0.2, 0.25) is 0 Å². The van der Waals surface area contributed by atoms with Gasteiger partial charge in [0.15, 0.2) is 5.78 Å². The number of nitrogens with zero attached hydrogens (tertiary/aromatic N) is 3. The van der Waals surface area contributed by atoms with Gasteiger partial charge in [0.25, 0.3) is 0 Å². The van der Waals surface area contributed by atoms with Gasteiger partial charge >= 0.3 is 0 Å². The highest BCUT2D eigenvalue weighted by Gasteiger charge is 2.40. The normalized spacial score (nSPS) is 21.6. The quantitative estimate of drug-likeness (QED) is 0.907. The number of hydrazine groups is 1. The minimum Gasteiger partial charge on any atom is -0.383 e. The van der Waals surface area contributed by atoms with Crippen LogP contribution in [0.2, 0.25) is 0 Å². The summed E-state index contributed by atoms with van der Waals surface area (Å²) in [5.41, 5.74) is 9.34.